The minimum absolute atomic E-state index is 0.164. The van der Waals surface area contributed by atoms with Gasteiger partial charge >= 0.3 is 0 Å². The number of benzene rings is 2. The monoisotopic (exact) mass is 432 g/mol. The van der Waals surface area contributed by atoms with E-state index in [0.717, 1.165) is 40.5 Å². The Balaban J connectivity index is 1.74. The van der Waals surface area contributed by atoms with Crippen LogP contribution in [0.4, 0.5) is 0 Å². The summed E-state index contributed by atoms with van der Waals surface area (Å²) in [5.74, 6) is 0.606. The molecule has 0 bridgehead atoms. The van der Waals surface area contributed by atoms with Crippen molar-refractivity contribution in [2.45, 2.75) is 39.7 Å². The normalized spacial score (nSPS) is 12.0. The highest BCUT2D eigenvalue weighted by Gasteiger charge is 2.17. The number of tetrazole rings is 1. The molecule has 158 valence electrons. The summed E-state index contributed by atoms with van der Waals surface area (Å²) in [7, 11) is 0. The van der Waals surface area contributed by atoms with Crippen LogP contribution in [-0.2, 0) is 6.42 Å². The van der Waals surface area contributed by atoms with Gasteiger partial charge in [-0.3, -0.25) is 4.79 Å². The number of rotatable bonds is 7. The first-order valence-electron chi connectivity index (χ1n) is 10.2. The summed E-state index contributed by atoms with van der Waals surface area (Å²) in [4.78, 5) is 17.4. The van der Waals surface area contributed by atoms with Gasteiger partial charge in [0.15, 0.2) is 5.82 Å². The molecule has 0 fully saturated rings. The maximum absolute atomic E-state index is 13.1. The quantitative estimate of drug-likeness (QED) is 0.463. The largest absolute Gasteiger partial charge is 0.343 e. The van der Waals surface area contributed by atoms with E-state index in [0.29, 0.717) is 5.56 Å². The molecule has 0 aliphatic carbocycles. The van der Waals surface area contributed by atoms with Crippen LogP contribution in [0.1, 0.15) is 53.1 Å². The van der Waals surface area contributed by atoms with Crippen LogP contribution in [0.5, 0.6) is 0 Å². The fourth-order valence-corrected chi connectivity index (χ4v) is 4.00. The van der Waals surface area contributed by atoms with Crippen LogP contribution < -0.4 is 5.32 Å². The predicted octanol–water partition coefficient (Wildman–Crippen LogP) is 4.54. The molecule has 4 rings (SSSR count). The number of hydrogen-bond acceptors (Lipinski definition) is 6. The van der Waals surface area contributed by atoms with Gasteiger partial charge in [0.25, 0.3) is 5.91 Å². The van der Waals surface area contributed by atoms with Crippen LogP contribution in [0.25, 0.3) is 16.8 Å². The molecule has 1 amide bonds. The first kappa shape index (κ1) is 20.9. The Bertz CT molecular complexity index is 1170. The minimum Gasteiger partial charge on any atom is -0.343 e. The second kappa shape index (κ2) is 9.18. The van der Waals surface area contributed by atoms with Gasteiger partial charge in [-0.05, 0) is 60.0 Å². The number of amides is 1. The Morgan fingerprint density at radius 2 is 1.97 bits per heavy atom. The van der Waals surface area contributed by atoms with Crippen molar-refractivity contribution in [3.05, 3.63) is 76.0 Å². The zero-order valence-electron chi connectivity index (χ0n) is 17.7. The molecular formula is C23H24N6OS. The van der Waals surface area contributed by atoms with E-state index in [1.54, 1.807) is 10.9 Å². The van der Waals surface area contributed by atoms with E-state index < -0.39 is 0 Å². The molecule has 2 heterocycles. The van der Waals surface area contributed by atoms with E-state index >= 15 is 0 Å². The number of carbonyl (C=O) groups is 1. The summed E-state index contributed by atoms with van der Waals surface area (Å²) < 4.78 is 1.71. The first-order chi connectivity index (χ1) is 15.0. The highest BCUT2D eigenvalue weighted by Crippen LogP contribution is 2.26. The van der Waals surface area contributed by atoms with Gasteiger partial charge < -0.3 is 5.32 Å². The molecule has 7 nitrogen and oxygen atoms in total. The molecule has 8 heteroatoms. The van der Waals surface area contributed by atoms with E-state index in [1.165, 1.54) is 16.9 Å². The molecule has 31 heavy (non-hydrogen) atoms. The predicted molar refractivity (Wildman–Crippen MR) is 121 cm³/mol. The third kappa shape index (κ3) is 4.69. The summed E-state index contributed by atoms with van der Waals surface area (Å²) >= 11 is 1.52. The maximum atomic E-state index is 13.1. The number of nitrogens with zero attached hydrogens (tertiary/aromatic N) is 5. The molecule has 0 aliphatic rings. The van der Waals surface area contributed by atoms with Crippen molar-refractivity contribution in [2.75, 3.05) is 0 Å². The molecular weight excluding hydrogens is 408 g/mol. The molecule has 2 aromatic heterocycles. The molecule has 1 N–H and O–H groups in total. The van der Waals surface area contributed by atoms with Crippen LogP contribution >= 0.6 is 11.3 Å². The summed E-state index contributed by atoms with van der Waals surface area (Å²) in [6.07, 6.45) is 3.42. The van der Waals surface area contributed by atoms with E-state index in [2.05, 4.69) is 63.9 Å². The van der Waals surface area contributed by atoms with Crippen molar-refractivity contribution in [1.82, 2.24) is 30.5 Å². The molecule has 0 saturated heterocycles. The SMILES string of the molecule is CCCc1nnnn1-c1cc(C(=O)NC(C)c2nccs2)cc(-c2ccc(C)cc2)c1. The Kier molecular flexibility index (Phi) is 6.18. The molecule has 0 spiro atoms. The standard InChI is InChI=1S/C23H24N6OS/c1-4-5-21-26-27-28-29(21)20-13-18(17-8-6-15(2)7-9-17)12-19(14-20)22(30)25-16(3)23-24-10-11-31-23/h6-14,16H,4-5H2,1-3H3,(H,25,30). The average Bonchev–Trinajstić information content (AvgIpc) is 3.46. The Morgan fingerprint density at radius 1 is 1.16 bits per heavy atom. The summed E-state index contributed by atoms with van der Waals surface area (Å²) in [6, 6.07) is 13.8. The van der Waals surface area contributed by atoms with Gasteiger partial charge in [0.05, 0.1) is 11.7 Å². The van der Waals surface area contributed by atoms with Crippen LogP contribution in [0.3, 0.4) is 0 Å². The van der Waals surface area contributed by atoms with Gasteiger partial charge in [0.2, 0.25) is 0 Å². The maximum Gasteiger partial charge on any atom is 0.251 e. The number of nitrogens with one attached hydrogen (secondary N) is 1. The zero-order chi connectivity index (χ0) is 21.8. The fraction of sp³-hybridized carbons (Fsp3) is 0.261. The average molecular weight is 433 g/mol. The van der Waals surface area contributed by atoms with Gasteiger partial charge in [-0.1, -0.05) is 36.8 Å². The Hall–Kier alpha value is -3.39. The van der Waals surface area contributed by atoms with Crippen LogP contribution in [-0.4, -0.2) is 31.1 Å². The third-order valence-electron chi connectivity index (χ3n) is 4.99. The van der Waals surface area contributed by atoms with Crippen LogP contribution in [0.15, 0.2) is 54.0 Å². The van der Waals surface area contributed by atoms with E-state index in [4.69, 9.17) is 0 Å². The second-order valence-corrected chi connectivity index (χ2v) is 8.38. The van der Waals surface area contributed by atoms with Crippen molar-refractivity contribution in [1.29, 1.82) is 0 Å². The summed E-state index contributed by atoms with van der Waals surface area (Å²) in [5.41, 5.74) is 4.45. The van der Waals surface area contributed by atoms with Crippen LogP contribution in [0, 0.1) is 6.92 Å². The van der Waals surface area contributed by atoms with Gasteiger partial charge in [0.1, 0.15) is 5.01 Å². The third-order valence-corrected chi connectivity index (χ3v) is 5.94. The highest BCUT2D eigenvalue weighted by atomic mass is 32.1. The molecule has 0 aliphatic heterocycles. The summed E-state index contributed by atoms with van der Waals surface area (Å²) in [5, 5.41) is 18.0. The first-order valence-corrected chi connectivity index (χ1v) is 11.1. The van der Waals surface area contributed by atoms with E-state index in [-0.39, 0.29) is 11.9 Å². The lowest BCUT2D eigenvalue weighted by Gasteiger charge is -2.14. The number of thiazole rings is 1. The van der Waals surface area contributed by atoms with E-state index in [1.807, 2.05) is 30.5 Å². The van der Waals surface area contributed by atoms with Gasteiger partial charge in [-0.15, -0.1) is 16.4 Å². The molecule has 0 saturated carbocycles. The molecule has 1 atom stereocenters. The number of aryl methyl sites for hydroxylation is 2. The van der Waals surface area contributed by atoms with Crippen molar-refractivity contribution in [3.8, 4) is 16.8 Å². The molecule has 4 aromatic rings. The lowest BCUT2D eigenvalue weighted by Crippen LogP contribution is -2.26. The number of aromatic nitrogens is 5. The van der Waals surface area contributed by atoms with Crippen molar-refractivity contribution in [2.24, 2.45) is 0 Å². The Labute approximate surface area is 185 Å². The van der Waals surface area contributed by atoms with Gasteiger partial charge in [-0.2, -0.15) is 4.68 Å². The topological polar surface area (TPSA) is 85.6 Å². The van der Waals surface area contributed by atoms with E-state index in [9.17, 15) is 4.79 Å². The second-order valence-electron chi connectivity index (χ2n) is 7.46. The Morgan fingerprint density at radius 3 is 2.68 bits per heavy atom. The van der Waals surface area contributed by atoms with Crippen molar-refractivity contribution < 1.29 is 4.79 Å². The number of hydrogen-bond donors (Lipinski definition) is 1. The molecule has 1 unspecified atom stereocenters. The number of carbonyl (C=O) groups excluding carboxylic acids is 1. The van der Waals surface area contributed by atoms with Crippen molar-refractivity contribution >= 4 is 17.2 Å². The zero-order valence-corrected chi connectivity index (χ0v) is 18.6. The van der Waals surface area contributed by atoms with Gasteiger partial charge in [0, 0.05) is 23.6 Å². The highest BCUT2D eigenvalue weighted by molar-refractivity contribution is 7.09. The summed E-state index contributed by atoms with van der Waals surface area (Å²) in [6.45, 7) is 6.07. The molecule has 2 aromatic carbocycles. The minimum atomic E-state index is -0.178. The molecule has 0 radical (unpaired) electrons. The smallest absolute Gasteiger partial charge is 0.251 e. The van der Waals surface area contributed by atoms with Crippen molar-refractivity contribution in [3.63, 3.8) is 0 Å². The van der Waals surface area contributed by atoms with Gasteiger partial charge in [-0.25, -0.2) is 4.98 Å². The van der Waals surface area contributed by atoms with Crippen LogP contribution in [0.2, 0.25) is 0 Å². The fourth-order valence-electron chi connectivity index (χ4n) is 3.35. The lowest BCUT2D eigenvalue weighted by molar-refractivity contribution is 0.0940. The lowest BCUT2D eigenvalue weighted by atomic mass is 10.0.